The lowest BCUT2D eigenvalue weighted by Crippen LogP contribution is -2.07. The van der Waals surface area contributed by atoms with Gasteiger partial charge in [-0.3, -0.25) is 0 Å². The molecule has 2 N–H and O–H groups in total. The van der Waals surface area contributed by atoms with Gasteiger partial charge in [0.15, 0.2) is 5.69 Å². The number of ether oxygens (including phenoxy) is 1. The largest absolute Gasteiger partial charge is 0.461 e. The minimum absolute atomic E-state index is 0.0169. The number of nitrogen functional groups attached to an aromatic ring is 1. The lowest BCUT2D eigenvalue weighted by molar-refractivity contribution is -0.137. The second-order valence-electron chi connectivity index (χ2n) is 4.03. The number of hydrogen-bond donors (Lipinski definition) is 1. The van der Waals surface area contributed by atoms with Crippen molar-refractivity contribution in [3.05, 3.63) is 35.5 Å². The number of carbonyl (C=O) groups excluding carboxylic acids is 1. The number of nitrogens with zero attached hydrogens (tertiary/aromatic N) is 1. The highest BCUT2D eigenvalue weighted by molar-refractivity contribution is 7.19. The molecule has 2 rings (SSSR count). The van der Waals surface area contributed by atoms with Crippen LogP contribution in [0.25, 0.3) is 10.6 Å². The van der Waals surface area contributed by atoms with E-state index >= 15 is 0 Å². The summed E-state index contributed by atoms with van der Waals surface area (Å²) in [6, 6.07) is 4.49. The van der Waals surface area contributed by atoms with Crippen molar-refractivity contribution in [3.63, 3.8) is 0 Å². The van der Waals surface area contributed by atoms with Crippen molar-refractivity contribution in [2.45, 2.75) is 13.1 Å². The van der Waals surface area contributed by atoms with Crippen LogP contribution < -0.4 is 5.73 Å². The Hall–Kier alpha value is -2.09. The van der Waals surface area contributed by atoms with E-state index in [1.54, 1.807) is 6.92 Å². The van der Waals surface area contributed by atoms with Crippen LogP contribution in [-0.4, -0.2) is 17.6 Å². The van der Waals surface area contributed by atoms with Crippen LogP contribution in [0.15, 0.2) is 24.3 Å². The molecule has 0 atom stereocenters. The number of alkyl halides is 3. The first-order valence-electron chi connectivity index (χ1n) is 5.94. The maximum absolute atomic E-state index is 12.5. The Labute approximate surface area is 122 Å². The molecule has 0 aliphatic heterocycles. The third-order valence-electron chi connectivity index (χ3n) is 2.58. The zero-order valence-corrected chi connectivity index (χ0v) is 11.7. The van der Waals surface area contributed by atoms with E-state index in [0.717, 1.165) is 23.5 Å². The molecular weight excluding hydrogens is 305 g/mol. The molecule has 0 spiro atoms. The Bertz CT molecular complexity index is 650. The Balaban J connectivity index is 2.31. The van der Waals surface area contributed by atoms with E-state index in [0.29, 0.717) is 10.6 Å². The number of benzene rings is 1. The van der Waals surface area contributed by atoms with E-state index in [9.17, 15) is 18.0 Å². The molecule has 0 bridgehead atoms. The third-order valence-corrected chi connectivity index (χ3v) is 3.51. The maximum Gasteiger partial charge on any atom is 0.416 e. The third kappa shape index (κ3) is 3.33. The van der Waals surface area contributed by atoms with Gasteiger partial charge < -0.3 is 10.5 Å². The molecule has 0 amide bonds. The Morgan fingerprint density at radius 2 is 1.95 bits per heavy atom. The first kappa shape index (κ1) is 15.3. The maximum atomic E-state index is 12.5. The van der Waals surface area contributed by atoms with E-state index in [-0.39, 0.29) is 17.3 Å². The Kier molecular flexibility index (Phi) is 4.17. The van der Waals surface area contributed by atoms with Gasteiger partial charge in [0.25, 0.3) is 0 Å². The predicted octanol–water partition coefficient (Wildman–Crippen LogP) is 3.59. The topological polar surface area (TPSA) is 65.2 Å². The summed E-state index contributed by atoms with van der Waals surface area (Å²) in [6.07, 6.45) is -4.39. The number of nitrogens with two attached hydrogens (primary N) is 1. The van der Waals surface area contributed by atoms with E-state index in [4.69, 9.17) is 10.5 Å². The fraction of sp³-hybridized carbons (Fsp3) is 0.231. The molecule has 1 aromatic carbocycles. The summed E-state index contributed by atoms with van der Waals surface area (Å²) in [5.74, 6) is -0.649. The zero-order valence-electron chi connectivity index (χ0n) is 10.9. The molecule has 112 valence electrons. The van der Waals surface area contributed by atoms with Crippen LogP contribution >= 0.6 is 11.3 Å². The van der Waals surface area contributed by atoms with Gasteiger partial charge in [0.2, 0.25) is 0 Å². The van der Waals surface area contributed by atoms with Crippen molar-refractivity contribution in [2.75, 3.05) is 12.3 Å². The normalized spacial score (nSPS) is 11.4. The molecule has 4 nitrogen and oxygen atoms in total. The molecule has 21 heavy (non-hydrogen) atoms. The molecule has 1 aromatic heterocycles. The summed E-state index contributed by atoms with van der Waals surface area (Å²) < 4.78 is 42.3. The molecule has 0 fully saturated rings. The van der Waals surface area contributed by atoms with Gasteiger partial charge in [-0.25, -0.2) is 9.78 Å². The van der Waals surface area contributed by atoms with Crippen molar-refractivity contribution in [3.8, 4) is 10.6 Å². The van der Waals surface area contributed by atoms with Crippen LogP contribution in [0.1, 0.15) is 23.0 Å². The van der Waals surface area contributed by atoms with Crippen LogP contribution in [0.4, 0.5) is 18.2 Å². The second kappa shape index (κ2) is 5.72. The molecule has 2 aromatic rings. The van der Waals surface area contributed by atoms with Crippen LogP contribution in [0, 0.1) is 0 Å². The quantitative estimate of drug-likeness (QED) is 0.879. The van der Waals surface area contributed by atoms with E-state index < -0.39 is 17.7 Å². The van der Waals surface area contributed by atoms with Crippen LogP contribution in [0.2, 0.25) is 0 Å². The van der Waals surface area contributed by atoms with Gasteiger partial charge >= 0.3 is 12.1 Å². The molecule has 0 aliphatic rings. The standard InChI is InChI=1S/C13H11F3N2O2S/c1-2-20-12(19)9-10(17)21-11(18-9)7-3-5-8(6-4-7)13(14,15)16/h3-6H,2,17H2,1H3. The van der Waals surface area contributed by atoms with Gasteiger partial charge in [-0.15, -0.1) is 0 Å². The van der Waals surface area contributed by atoms with Gasteiger partial charge in [-0.2, -0.15) is 13.2 Å². The predicted molar refractivity (Wildman–Crippen MR) is 72.9 cm³/mol. The van der Waals surface area contributed by atoms with Crippen LogP contribution in [-0.2, 0) is 10.9 Å². The number of anilines is 1. The van der Waals surface area contributed by atoms with Crippen molar-refractivity contribution >= 4 is 22.3 Å². The van der Waals surface area contributed by atoms with Crippen molar-refractivity contribution < 1.29 is 22.7 Å². The van der Waals surface area contributed by atoms with E-state index in [2.05, 4.69) is 4.98 Å². The second-order valence-corrected chi connectivity index (χ2v) is 5.06. The number of aromatic nitrogens is 1. The summed E-state index contributed by atoms with van der Waals surface area (Å²) in [5.41, 5.74) is 5.37. The molecular formula is C13H11F3N2O2S. The first-order chi connectivity index (χ1) is 9.82. The number of thiazole rings is 1. The average molecular weight is 316 g/mol. The SMILES string of the molecule is CCOC(=O)c1nc(-c2ccc(C(F)(F)F)cc2)sc1N. The minimum atomic E-state index is -4.39. The lowest BCUT2D eigenvalue weighted by atomic mass is 10.1. The lowest BCUT2D eigenvalue weighted by Gasteiger charge is -2.06. The minimum Gasteiger partial charge on any atom is -0.461 e. The number of rotatable bonds is 3. The molecule has 0 saturated heterocycles. The average Bonchev–Trinajstić information content (AvgIpc) is 2.80. The molecule has 0 saturated carbocycles. The molecule has 0 unspecified atom stereocenters. The number of carbonyl (C=O) groups is 1. The summed E-state index contributed by atoms with van der Waals surface area (Å²) in [6.45, 7) is 1.84. The molecule has 0 radical (unpaired) electrons. The number of halogens is 3. The summed E-state index contributed by atoms with van der Waals surface area (Å²) >= 11 is 1.02. The van der Waals surface area contributed by atoms with E-state index in [1.807, 2.05) is 0 Å². The van der Waals surface area contributed by atoms with Crippen LogP contribution in [0.5, 0.6) is 0 Å². The fourth-order valence-corrected chi connectivity index (χ4v) is 2.43. The number of esters is 1. The van der Waals surface area contributed by atoms with Gasteiger partial charge in [0, 0.05) is 5.56 Å². The van der Waals surface area contributed by atoms with Crippen LogP contribution in [0.3, 0.4) is 0 Å². The van der Waals surface area contributed by atoms with Crippen molar-refractivity contribution in [2.24, 2.45) is 0 Å². The van der Waals surface area contributed by atoms with Gasteiger partial charge in [-0.1, -0.05) is 23.5 Å². The Morgan fingerprint density at radius 3 is 2.48 bits per heavy atom. The highest BCUT2D eigenvalue weighted by Crippen LogP contribution is 2.33. The fourth-order valence-electron chi connectivity index (χ4n) is 1.60. The van der Waals surface area contributed by atoms with Gasteiger partial charge in [0.05, 0.1) is 12.2 Å². The summed E-state index contributed by atoms with van der Waals surface area (Å²) in [5, 5.41) is 0.535. The van der Waals surface area contributed by atoms with E-state index in [1.165, 1.54) is 12.1 Å². The molecule has 0 aliphatic carbocycles. The smallest absolute Gasteiger partial charge is 0.416 e. The van der Waals surface area contributed by atoms with Gasteiger partial charge in [0.1, 0.15) is 10.0 Å². The molecule has 8 heteroatoms. The Morgan fingerprint density at radius 1 is 1.33 bits per heavy atom. The van der Waals surface area contributed by atoms with Gasteiger partial charge in [-0.05, 0) is 19.1 Å². The highest BCUT2D eigenvalue weighted by atomic mass is 32.1. The van der Waals surface area contributed by atoms with Crippen molar-refractivity contribution in [1.29, 1.82) is 0 Å². The van der Waals surface area contributed by atoms with Crippen molar-refractivity contribution in [1.82, 2.24) is 4.98 Å². The number of hydrogen-bond acceptors (Lipinski definition) is 5. The first-order valence-corrected chi connectivity index (χ1v) is 6.75. The summed E-state index contributed by atoms with van der Waals surface area (Å²) in [7, 11) is 0. The zero-order chi connectivity index (χ0) is 15.6. The highest BCUT2D eigenvalue weighted by Gasteiger charge is 2.30. The monoisotopic (exact) mass is 316 g/mol. The summed E-state index contributed by atoms with van der Waals surface area (Å²) in [4.78, 5) is 15.6. The molecule has 1 heterocycles.